The first kappa shape index (κ1) is 49.8. The Balaban J connectivity index is 0.000000362. The zero-order chi connectivity index (χ0) is 46.3. The van der Waals surface area contributed by atoms with E-state index >= 15 is 0 Å². The van der Waals surface area contributed by atoms with Gasteiger partial charge in [-0.2, -0.15) is 0 Å². The first-order valence-electron chi connectivity index (χ1n) is 19.1. The molecular weight excluding hydrogens is 852 g/mol. The van der Waals surface area contributed by atoms with Crippen LogP contribution in [0.25, 0.3) is 22.7 Å². The monoisotopic (exact) mass is 899 g/mol. The van der Waals surface area contributed by atoms with Crippen LogP contribution in [0.3, 0.4) is 0 Å². The summed E-state index contributed by atoms with van der Waals surface area (Å²) in [6.07, 6.45) is -1.46. The van der Waals surface area contributed by atoms with E-state index in [1.54, 1.807) is 107 Å². The lowest BCUT2D eigenvalue weighted by Crippen LogP contribution is -2.45. The number of hydrogen-bond acceptors (Lipinski definition) is 12. The highest BCUT2D eigenvalue weighted by atomic mass is 32.1. The van der Waals surface area contributed by atoms with Crippen molar-refractivity contribution in [3.63, 3.8) is 0 Å². The summed E-state index contributed by atoms with van der Waals surface area (Å²) >= 11 is 9.46. The van der Waals surface area contributed by atoms with Crippen LogP contribution in [0.4, 0.5) is 25.6 Å². The van der Waals surface area contributed by atoms with Crippen LogP contribution in [0.5, 0.6) is 0 Å². The van der Waals surface area contributed by atoms with Crippen molar-refractivity contribution >= 4 is 58.4 Å². The van der Waals surface area contributed by atoms with Crippen molar-refractivity contribution in [2.45, 2.75) is 21.3 Å². The van der Waals surface area contributed by atoms with Gasteiger partial charge in [0.2, 0.25) is 0 Å². The number of isothiocyanates is 1. The van der Waals surface area contributed by atoms with Gasteiger partial charge in [0.15, 0.2) is 0 Å². The third-order valence-electron chi connectivity index (χ3n) is 8.04. The van der Waals surface area contributed by atoms with Crippen molar-refractivity contribution in [1.82, 2.24) is 23.6 Å². The van der Waals surface area contributed by atoms with Crippen LogP contribution in [-0.4, -0.2) is 75.1 Å². The molecular formula is C44H47FN8O8S2. The number of thiocarbonyl (C=S) groups is 2. The van der Waals surface area contributed by atoms with Crippen LogP contribution in [0.15, 0.2) is 152 Å². The van der Waals surface area contributed by atoms with Gasteiger partial charge in [-0.05, 0) is 74.6 Å². The largest absolute Gasteiger partial charge is 0.450 e. The van der Waals surface area contributed by atoms with Crippen LogP contribution >= 0.6 is 24.4 Å². The van der Waals surface area contributed by atoms with Crippen LogP contribution in [-0.2, 0) is 9.47 Å². The van der Waals surface area contributed by atoms with Gasteiger partial charge >= 0.3 is 23.6 Å². The molecule has 0 bridgehead atoms. The van der Waals surface area contributed by atoms with Gasteiger partial charge in [0.05, 0.1) is 49.6 Å². The van der Waals surface area contributed by atoms with Gasteiger partial charge in [-0.25, -0.2) is 37.4 Å². The van der Waals surface area contributed by atoms with Gasteiger partial charge in [-0.1, -0.05) is 92.4 Å². The number of aromatic nitrogens is 4. The highest BCUT2D eigenvalue weighted by molar-refractivity contribution is 7.80. The third kappa shape index (κ3) is 13.4. The number of carbonyl (C=O) groups excluding carboxylic acids is 2. The number of alkyl halides is 1. The molecule has 19 heteroatoms. The Morgan fingerprint density at radius 3 is 1.52 bits per heavy atom. The number of aliphatic imine (C=N–C) groups is 1. The van der Waals surface area contributed by atoms with Crippen molar-refractivity contribution < 1.29 is 24.8 Å². The molecule has 0 saturated heterocycles. The fourth-order valence-corrected chi connectivity index (χ4v) is 5.90. The fraction of sp³-hybridized carbons (Fsp3) is 0.182. The molecule has 63 heavy (non-hydrogen) atoms. The summed E-state index contributed by atoms with van der Waals surface area (Å²) in [6, 6.07) is 36.8. The number of nitrogens with one attached hydrogen (secondary N) is 3. The Hall–Kier alpha value is -7.60. The Morgan fingerprint density at radius 2 is 1.11 bits per heavy atom. The number of benzene rings is 4. The van der Waals surface area contributed by atoms with Gasteiger partial charge in [-0.3, -0.25) is 19.3 Å². The minimum atomic E-state index is -1.00. The molecule has 0 aliphatic rings. The molecule has 0 saturated carbocycles. The first-order valence-corrected chi connectivity index (χ1v) is 19.2. The second-order valence-electron chi connectivity index (χ2n) is 11.7. The molecule has 0 atom stereocenters. The van der Waals surface area contributed by atoms with Gasteiger partial charge < -0.3 is 20.1 Å². The van der Waals surface area contributed by atoms with Gasteiger partial charge in [0.1, 0.15) is 22.2 Å². The minimum Gasteiger partial charge on any atom is -0.450 e. The van der Waals surface area contributed by atoms with Gasteiger partial charge in [0.25, 0.3) is 11.1 Å². The number of para-hydroxylation sites is 4. The lowest BCUT2D eigenvalue weighted by molar-refractivity contribution is 0.158. The normalized spacial score (nSPS) is 9.76. The second kappa shape index (κ2) is 26.6. The standard InChI is InChI=1S/C21H20N4O4S.C17H15N3O2.C4H5NO2S.CH3F.CH4/c1-3-29-20(27)23-18(30)16-17(22-2)24(14-10-6-4-7-11-14)21(28)25(19(16)26)15-12-8-5-9-13-15;1-18-15-12-16(21)20(14-10-6-3-7-11-14)17(22)19(15)13-8-4-2-5-9-13;1-2-7-4(6)5-3-8;1-2;/h4-13,22H,3H2,1-2H3,(H,23,27,30);2-12,18H,1H3;2H2,1H3;1H3;1H4/i;;;1D;. The van der Waals surface area contributed by atoms with Gasteiger partial charge in [-0.15, -0.1) is 4.99 Å². The zero-order valence-electron chi connectivity index (χ0n) is 34.9. The first-order chi connectivity index (χ1) is 30.4. The van der Waals surface area contributed by atoms with E-state index in [1.165, 1.54) is 15.2 Å². The van der Waals surface area contributed by atoms with E-state index in [1.807, 2.05) is 47.6 Å². The van der Waals surface area contributed by atoms with Crippen LogP contribution < -0.4 is 38.4 Å². The molecule has 330 valence electrons. The molecule has 6 aromatic rings. The van der Waals surface area contributed by atoms with Crippen molar-refractivity contribution in [1.29, 1.82) is 0 Å². The summed E-state index contributed by atoms with van der Waals surface area (Å²) < 4.78 is 29.7. The molecule has 0 unspecified atom stereocenters. The quantitative estimate of drug-likeness (QED) is 0.100. The van der Waals surface area contributed by atoms with E-state index in [4.69, 9.17) is 18.3 Å². The summed E-state index contributed by atoms with van der Waals surface area (Å²) in [5.41, 5.74) is 0.0897. The maximum Gasteiger partial charge on any atom is 0.442 e. The van der Waals surface area contributed by atoms with Crippen LogP contribution in [0, 0.1) is 0 Å². The highest BCUT2D eigenvalue weighted by Gasteiger charge is 2.24. The molecule has 0 aliphatic heterocycles. The minimum absolute atomic E-state index is 0. The van der Waals surface area contributed by atoms with Crippen molar-refractivity contribution in [2.75, 3.05) is 45.1 Å². The van der Waals surface area contributed by atoms with Crippen molar-refractivity contribution in [3.05, 3.63) is 175 Å². The lowest BCUT2D eigenvalue weighted by atomic mass is 10.2. The number of anilines is 2. The fourth-order valence-electron chi connectivity index (χ4n) is 5.55. The number of ether oxygens (including phenoxy) is 2. The highest BCUT2D eigenvalue weighted by Crippen LogP contribution is 2.18. The number of amides is 2. The molecule has 4 aromatic carbocycles. The van der Waals surface area contributed by atoms with E-state index in [-0.39, 0.29) is 36.0 Å². The van der Waals surface area contributed by atoms with E-state index in [0.29, 0.717) is 35.2 Å². The third-order valence-corrected chi connectivity index (χ3v) is 8.43. The molecule has 6 rings (SSSR count). The number of carbonyl (C=O) groups is 2. The Morgan fingerprint density at radius 1 is 0.698 bits per heavy atom. The van der Waals surface area contributed by atoms with Crippen LogP contribution in [0.1, 0.15) is 28.2 Å². The zero-order valence-corrected chi connectivity index (χ0v) is 35.6. The molecule has 0 fully saturated rings. The van der Waals surface area contributed by atoms with Crippen molar-refractivity contribution in [2.24, 2.45) is 4.99 Å². The summed E-state index contributed by atoms with van der Waals surface area (Å²) in [5, 5.41) is 10.1. The lowest BCUT2D eigenvalue weighted by Gasteiger charge is -2.19. The summed E-state index contributed by atoms with van der Waals surface area (Å²) in [4.78, 5) is 76.8. The van der Waals surface area contributed by atoms with E-state index in [2.05, 4.69) is 37.9 Å². The molecule has 0 aliphatic carbocycles. The molecule has 3 N–H and O–H groups in total. The van der Waals surface area contributed by atoms with E-state index in [0.717, 1.165) is 9.13 Å². The Labute approximate surface area is 374 Å². The molecule has 2 aromatic heterocycles. The average molecular weight is 900 g/mol. The van der Waals surface area contributed by atoms with Crippen LogP contribution in [0.2, 0.25) is 0 Å². The second-order valence-corrected chi connectivity index (χ2v) is 12.3. The maximum absolute atomic E-state index is 13.4. The SMILES string of the molecule is C.CCOC(=O)N=C=S.CCOC(=O)NC(=S)c1c(NC)n(-c2ccccc2)c(=O)n(-c2ccccc2)c1=O.CNc1cc(=O)n(-c2ccccc2)c(=O)n1-c1ccccc1.[2H]CF. The molecule has 0 spiro atoms. The predicted molar refractivity (Wildman–Crippen MR) is 252 cm³/mol. The van der Waals surface area contributed by atoms with Gasteiger partial charge in [0, 0.05) is 20.2 Å². The number of rotatable bonds is 9. The predicted octanol–water partition coefficient (Wildman–Crippen LogP) is 6.95. The van der Waals surface area contributed by atoms with Crippen molar-refractivity contribution in [3.8, 4) is 22.7 Å². The molecule has 2 amide bonds. The molecule has 2 heterocycles. The summed E-state index contributed by atoms with van der Waals surface area (Å²) in [5.74, 6) is 0.610. The average Bonchev–Trinajstić information content (AvgIpc) is 3.28. The number of alkyl carbamates (subject to hydrolysis) is 1. The Kier molecular flexibility index (Phi) is 21.0. The maximum atomic E-state index is 13.4. The smallest absolute Gasteiger partial charge is 0.442 e. The number of halogens is 1. The van der Waals surface area contributed by atoms with E-state index in [9.17, 15) is 33.2 Å². The molecule has 16 nitrogen and oxygen atoms in total. The van der Waals surface area contributed by atoms with E-state index < -0.39 is 36.3 Å². The topological polar surface area (TPSA) is 189 Å². The number of hydrogen-bond donors (Lipinski definition) is 3. The number of nitrogens with zero attached hydrogens (tertiary/aromatic N) is 5. The summed E-state index contributed by atoms with van der Waals surface area (Å²) in [6.45, 7) is 3.81. The molecule has 0 radical (unpaired) electrons. The summed E-state index contributed by atoms with van der Waals surface area (Å²) in [7, 11) is 2.25. The Bertz CT molecular complexity index is 2750.